The number of nitrogens with zero attached hydrogens (tertiary/aromatic N) is 5. The fourth-order valence-corrected chi connectivity index (χ4v) is 4.64. The van der Waals surface area contributed by atoms with Crippen LogP contribution in [0, 0.1) is 18.3 Å². The molecule has 186 valence electrons. The number of nitriles is 1. The van der Waals surface area contributed by atoms with Crippen LogP contribution in [0.3, 0.4) is 0 Å². The zero-order valence-electron chi connectivity index (χ0n) is 19.8. The van der Waals surface area contributed by atoms with Gasteiger partial charge in [0.25, 0.3) is 5.91 Å². The Hall–Kier alpha value is -4.76. The summed E-state index contributed by atoms with van der Waals surface area (Å²) < 4.78 is 17.6. The lowest BCUT2D eigenvalue weighted by Crippen LogP contribution is -2.29. The number of thiazole rings is 1. The van der Waals surface area contributed by atoms with E-state index in [1.807, 2.05) is 6.07 Å². The van der Waals surface area contributed by atoms with Crippen LogP contribution in [0.25, 0.3) is 22.0 Å². The summed E-state index contributed by atoms with van der Waals surface area (Å²) in [5.41, 5.74) is 6.83. The van der Waals surface area contributed by atoms with Crippen LogP contribution in [0.15, 0.2) is 47.0 Å². The van der Waals surface area contributed by atoms with Crippen molar-refractivity contribution in [3.8, 4) is 45.3 Å². The summed E-state index contributed by atoms with van der Waals surface area (Å²) in [7, 11) is 1.70. The molecule has 2 N–H and O–H groups in total. The Balaban J connectivity index is 1.56. The first-order valence-electron chi connectivity index (χ1n) is 11.2. The van der Waals surface area contributed by atoms with Crippen LogP contribution in [0.5, 0.6) is 17.2 Å². The molecule has 2 amide bonds. The molecule has 2 aromatic heterocycles. The molecule has 1 saturated heterocycles. The van der Waals surface area contributed by atoms with E-state index in [4.69, 9.17) is 19.6 Å². The maximum Gasteiger partial charge on any atom is 0.263 e. The molecular weight excluding hydrogens is 496 g/mol. The number of aryl methyl sites for hydroxylation is 1. The highest BCUT2D eigenvalue weighted by Gasteiger charge is 2.32. The molecule has 0 aliphatic carbocycles. The van der Waals surface area contributed by atoms with E-state index >= 15 is 0 Å². The number of likely N-dealkylation sites (N-methyl/N-ethyl adjacent to an activating group) is 1. The van der Waals surface area contributed by atoms with Crippen molar-refractivity contribution in [2.75, 3.05) is 13.6 Å². The van der Waals surface area contributed by atoms with Crippen molar-refractivity contribution in [3.63, 3.8) is 0 Å². The van der Waals surface area contributed by atoms with Crippen molar-refractivity contribution in [1.29, 1.82) is 5.26 Å². The van der Waals surface area contributed by atoms with E-state index in [0.717, 1.165) is 11.3 Å². The van der Waals surface area contributed by atoms with Gasteiger partial charge in [-0.3, -0.25) is 9.59 Å². The Morgan fingerprint density at radius 1 is 1.24 bits per heavy atom. The van der Waals surface area contributed by atoms with Gasteiger partial charge in [-0.15, -0.1) is 21.5 Å². The van der Waals surface area contributed by atoms with E-state index in [1.54, 1.807) is 49.2 Å². The number of rotatable bonds is 7. The quantitative estimate of drug-likeness (QED) is 0.388. The van der Waals surface area contributed by atoms with Gasteiger partial charge in [-0.05, 0) is 30.3 Å². The highest BCUT2D eigenvalue weighted by Crippen LogP contribution is 2.41. The van der Waals surface area contributed by atoms with Crippen molar-refractivity contribution >= 4 is 23.2 Å². The van der Waals surface area contributed by atoms with E-state index in [9.17, 15) is 14.9 Å². The summed E-state index contributed by atoms with van der Waals surface area (Å²) in [6.07, 6.45) is 1.23. The minimum absolute atomic E-state index is 0.0862. The smallest absolute Gasteiger partial charge is 0.263 e. The minimum Gasteiger partial charge on any atom is -0.480 e. The first-order valence-corrected chi connectivity index (χ1v) is 12.0. The summed E-state index contributed by atoms with van der Waals surface area (Å²) in [6.45, 7) is 2.27. The molecule has 1 unspecified atom stereocenters. The lowest BCUT2D eigenvalue weighted by molar-refractivity contribution is -0.132. The van der Waals surface area contributed by atoms with E-state index in [-0.39, 0.29) is 23.0 Å². The Morgan fingerprint density at radius 3 is 2.62 bits per heavy atom. The van der Waals surface area contributed by atoms with E-state index in [0.29, 0.717) is 51.5 Å². The van der Waals surface area contributed by atoms with Gasteiger partial charge in [-0.2, -0.15) is 5.26 Å². The first-order chi connectivity index (χ1) is 17.8. The predicted molar refractivity (Wildman–Crippen MR) is 132 cm³/mol. The van der Waals surface area contributed by atoms with E-state index < -0.39 is 12.0 Å². The van der Waals surface area contributed by atoms with Gasteiger partial charge in [-0.1, -0.05) is 0 Å². The van der Waals surface area contributed by atoms with E-state index in [1.165, 1.54) is 12.3 Å². The summed E-state index contributed by atoms with van der Waals surface area (Å²) in [4.78, 5) is 31.1. The zero-order valence-corrected chi connectivity index (χ0v) is 20.6. The lowest BCUT2D eigenvalue weighted by Gasteiger charge is -2.18. The van der Waals surface area contributed by atoms with Gasteiger partial charge in [0.2, 0.25) is 17.7 Å². The molecule has 0 spiro atoms. The summed E-state index contributed by atoms with van der Waals surface area (Å²) in [5, 5.41) is 17.5. The van der Waals surface area contributed by atoms with Crippen LogP contribution in [0.2, 0.25) is 0 Å². The molecule has 12 heteroatoms. The molecule has 37 heavy (non-hydrogen) atoms. The number of carbonyl (C=O) groups is 2. The molecule has 1 fully saturated rings. The first kappa shape index (κ1) is 24.0. The number of nitrogens with two attached hydrogens (primary N) is 1. The van der Waals surface area contributed by atoms with E-state index in [2.05, 4.69) is 15.2 Å². The normalized spacial score (nSPS) is 15.0. The molecule has 4 aromatic rings. The molecule has 0 bridgehead atoms. The third kappa shape index (κ3) is 4.85. The minimum atomic E-state index is -0.740. The van der Waals surface area contributed by atoms with Crippen LogP contribution in [-0.4, -0.2) is 51.6 Å². The largest absolute Gasteiger partial charge is 0.480 e. The maximum atomic E-state index is 12.5. The fourth-order valence-electron chi connectivity index (χ4n) is 3.86. The molecule has 5 rings (SSSR count). The van der Waals surface area contributed by atoms with Crippen LogP contribution in [0.1, 0.15) is 27.5 Å². The predicted octanol–water partition coefficient (Wildman–Crippen LogP) is 3.54. The number of amides is 2. The van der Waals surface area contributed by atoms with Crippen molar-refractivity contribution < 1.29 is 23.5 Å². The number of hydrogen-bond acceptors (Lipinski definition) is 10. The number of aromatic nitrogens is 3. The highest BCUT2D eigenvalue weighted by molar-refractivity contribution is 7.15. The zero-order chi connectivity index (χ0) is 26.1. The number of benzene rings is 2. The Bertz CT molecular complexity index is 1540. The van der Waals surface area contributed by atoms with Gasteiger partial charge in [0.1, 0.15) is 33.2 Å². The maximum absolute atomic E-state index is 12.5. The number of carbonyl (C=O) groups excluding carboxylic acids is 2. The molecule has 11 nitrogen and oxygen atoms in total. The third-order valence-corrected chi connectivity index (χ3v) is 6.60. The van der Waals surface area contributed by atoms with Crippen molar-refractivity contribution in [2.24, 2.45) is 5.73 Å². The molecule has 3 heterocycles. The van der Waals surface area contributed by atoms with Crippen LogP contribution in [0.4, 0.5) is 0 Å². The molecule has 1 aliphatic rings. The number of hydrogen-bond donors (Lipinski definition) is 1. The molecule has 0 radical (unpaired) electrons. The Morgan fingerprint density at radius 2 is 2.03 bits per heavy atom. The van der Waals surface area contributed by atoms with Gasteiger partial charge in [-0.25, -0.2) is 4.98 Å². The number of likely N-dealkylation sites (tertiary alicyclic amines) is 1. The van der Waals surface area contributed by atoms with Gasteiger partial charge in [0.05, 0.1) is 17.3 Å². The second kappa shape index (κ2) is 9.71. The van der Waals surface area contributed by atoms with Crippen molar-refractivity contribution in [3.05, 3.63) is 58.9 Å². The summed E-state index contributed by atoms with van der Waals surface area (Å²) in [5.74, 6) is 0.828. The monoisotopic (exact) mass is 516 g/mol. The van der Waals surface area contributed by atoms with Gasteiger partial charge in [0.15, 0.2) is 6.10 Å². The van der Waals surface area contributed by atoms with Crippen LogP contribution < -0.4 is 15.2 Å². The second-order valence-electron chi connectivity index (χ2n) is 8.26. The number of ether oxygens (including phenoxy) is 2. The Kier molecular flexibility index (Phi) is 6.29. The summed E-state index contributed by atoms with van der Waals surface area (Å²) >= 11 is 1.09. The number of primary amides is 1. The Labute approximate surface area is 215 Å². The topological polar surface area (TPSA) is 157 Å². The highest BCUT2D eigenvalue weighted by atomic mass is 32.1. The standard InChI is InChI=1S/C25H20N6O5S/c1-13-29-30-23(34-13)14-3-5-15(6-4-14)35-20-10-16(36-19-7-8-31(2)25(19)33)9-18(22(27)32)21(20)24-28-12-17(11-26)37-24/h3-6,9-10,12,19H,7-8H2,1-2H3,(H2,27,32). The van der Waals surface area contributed by atoms with Gasteiger partial charge in [0, 0.05) is 38.6 Å². The lowest BCUT2D eigenvalue weighted by atomic mass is 10.1. The van der Waals surface area contributed by atoms with Crippen LogP contribution in [-0.2, 0) is 4.79 Å². The average Bonchev–Trinajstić information content (AvgIpc) is 3.61. The molecule has 0 saturated carbocycles. The van der Waals surface area contributed by atoms with Gasteiger partial charge < -0.3 is 24.5 Å². The van der Waals surface area contributed by atoms with Crippen molar-refractivity contribution in [1.82, 2.24) is 20.1 Å². The molecular formula is C25H20N6O5S. The molecule has 1 aliphatic heterocycles. The summed E-state index contributed by atoms with van der Waals surface area (Å²) in [6, 6.07) is 12.0. The third-order valence-electron chi connectivity index (χ3n) is 5.68. The van der Waals surface area contributed by atoms with Crippen LogP contribution >= 0.6 is 11.3 Å². The van der Waals surface area contributed by atoms with Crippen molar-refractivity contribution in [2.45, 2.75) is 19.4 Å². The fraction of sp³-hybridized carbons (Fsp3) is 0.200. The second-order valence-corrected chi connectivity index (χ2v) is 9.29. The SMILES string of the molecule is Cc1nnc(-c2ccc(Oc3cc(OC4CCN(C)C4=O)cc(C(N)=O)c3-c3ncc(C#N)s3)cc2)o1. The van der Waals surface area contributed by atoms with Gasteiger partial charge >= 0.3 is 0 Å². The molecule has 2 aromatic carbocycles. The molecule has 1 atom stereocenters. The average molecular weight is 517 g/mol.